The van der Waals surface area contributed by atoms with Crippen molar-refractivity contribution in [2.75, 3.05) is 23.7 Å². The van der Waals surface area contributed by atoms with E-state index in [-0.39, 0.29) is 24.1 Å². The minimum Gasteiger partial charge on any atom is -0.292 e. The van der Waals surface area contributed by atoms with Gasteiger partial charge in [0.2, 0.25) is 10.0 Å². The number of nitrogens with zero attached hydrogens (tertiary/aromatic N) is 3. The molecule has 0 aliphatic carbocycles. The van der Waals surface area contributed by atoms with Gasteiger partial charge in [0.25, 0.3) is 0 Å². The van der Waals surface area contributed by atoms with E-state index in [4.69, 9.17) is 0 Å². The summed E-state index contributed by atoms with van der Waals surface area (Å²) in [5, 5.41) is 0. The van der Waals surface area contributed by atoms with Crippen LogP contribution in [0.5, 0.6) is 0 Å². The zero-order valence-electron chi connectivity index (χ0n) is 16.7. The van der Waals surface area contributed by atoms with E-state index >= 15 is 0 Å². The van der Waals surface area contributed by atoms with Crippen LogP contribution >= 0.6 is 0 Å². The number of ketones is 1. The largest absolute Gasteiger partial charge is 0.334 e. The molecule has 0 bridgehead atoms. The van der Waals surface area contributed by atoms with Crippen molar-refractivity contribution in [3.8, 4) is 0 Å². The number of sulfonamides is 1. The first-order chi connectivity index (χ1) is 13.4. The zero-order chi connectivity index (χ0) is 21.7. The SMILES string of the molecule is CC(C)CN1C(=O)C(=O)N(CC(=O)c2ccc3c(c2)C[C@@H](C)N3S(C)(=O)=O)C1=O. The zero-order valence-corrected chi connectivity index (χ0v) is 17.5. The fourth-order valence-corrected chi connectivity index (χ4v) is 5.00. The van der Waals surface area contributed by atoms with Crippen molar-refractivity contribution in [1.82, 2.24) is 9.80 Å². The summed E-state index contributed by atoms with van der Waals surface area (Å²) in [5.74, 6) is -2.45. The van der Waals surface area contributed by atoms with Gasteiger partial charge in [0.15, 0.2) is 5.78 Å². The lowest BCUT2D eigenvalue weighted by Gasteiger charge is -2.22. The van der Waals surface area contributed by atoms with Crippen molar-refractivity contribution in [2.45, 2.75) is 33.2 Å². The van der Waals surface area contributed by atoms with E-state index in [1.54, 1.807) is 19.1 Å². The van der Waals surface area contributed by atoms with Crippen molar-refractivity contribution in [3.05, 3.63) is 29.3 Å². The fraction of sp³-hybridized carbons (Fsp3) is 0.474. The molecule has 156 valence electrons. The summed E-state index contributed by atoms with van der Waals surface area (Å²) in [7, 11) is -3.45. The number of carbonyl (C=O) groups excluding carboxylic acids is 4. The summed E-state index contributed by atoms with van der Waals surface area (Å²) in [6.45, 7) is 4.96. The first-order valence-electron chi connectivity index (χ1n) is 9.24. The molecule has 2 aliphatic heterocycles. The van der Waals surface area contributed by atoms with Gasteiger partial charge >= 0.3 is 17.8 Å². The molecular formula is C19H23N3O6S. The summed E-state index contributed by atoms with van der Waals surface area (Å²) >= 11 is 0. The van der Waals surface area contributed by atoms with Crippen molar-refractivity contribution in [1.29, 1.82) is 0 Å². The van der Waals surface area contributed by atoms with Crippen LogP contribution in [-0.4, -0.2) is 67.2 Å². The predicted octanol–water partition coefficient (Wildman–Crippen LogP) is 1.03. The average molecular weight is 421 g/mol. The van der Waals surface area contributed by atoms with E-state index in [0.717, 1.165) is 11.2 Å². The van der Waals surface area contributed by atoms with Gasteiger partial charge in [0.05, 0.1) is 18.5 Å². The first-order valence-corrected chi connectivity index (χ1v) is 11.1. The maximum atomic E-state index is 12.7. The Kier molecular flexibility index (Phi) is 5.24. The van der Waals surface area contributed by atoms with E-state index in [2.05, 4.69) is 0 Å². The number of anilines is 1. The maximum absolute atomic E-state index is 12.7. The van der Waals surface area contributed by atoms with Crippen molar-refractivity contribution < 1.29 is 27.6 Å². The third-order valence-corrected chi connectivity index (χ3v) is 6.17. The number of fused-ring (bicyclic) bond motifs is 1. The molecule has 3 rings (SSSR count). The van der Waals surface area contributed by atoms with Gasteiger partial charge < -0.3 is 0 Å². The molecule has 0 aromatic heterocycles. The first kappa shape index (κ1) is 21.0. The lowest BCUT2D eigenvalue weighted by molar-refractivity contribution is -0.143. The highest BCUT2D eigenvalue weighted by molar-refractivity contribution is 7.92. The Morgan fingerprint density at radius 1 is 1.14 bits per heavy atom. The summed E-state index contributed by atoms with van der Waals surface area (Å²) in [4.78, 5) is 50.8. The third-order valence-electron chi connectivity index (χ3n) is 4.90. The number of hydrogen-bond donors (Lipinski definition) is 0. The van der Waals surface area contributed by atoms with Gasteiger partial charge in [0, 0.05) is 18.2 Å². The lowest BCUT2D eigenvalue weighted by Crippen LogP contribution is -2.38. The number of hydrogen-bond acceptors (Lipinski definition) is 6. The summed E-state index contributed by atoms with van der Waals surface area (Å²) in [6.07, 6.45) is 1.58. The Morgan fingerprint density at radius 2 is 1.76 bits per heavy atom. The van der Waals surface area contributed by atoms with E-state index in [1.807, 2.05) is 13.8 Å². The number of benzene rings is 1. The summed E-state index contributed by atoms with van der Waals surface area (Å²) in [5.41, 5.74) is 1.47. The van der Waals surface area contributed by atoms with E-state index in [9.17, 15) is 27.6 Å². The molecule has 0 spiro atoms. The average Bonchev–Trinajstić information content (AvgIpc) is 3.04. The minimum atomic E-state index is -3.45. The lowest BCUT2D eigenvalue weighted by atomic mass is 10.0. The molecule has 10 heteroatoms. The van der Waals surface area contributed by atoms with Gasteiger partial charge in [-0.25, -0.2) is 18.1 Å². The second-order valence-electron chi connectivity index (χ2n) is 7.86. The number of amides is 4. The molecule has 1 saturated heterocycles. The van der Waals surface area contributed by atoms with Gasteiger partial charge in [0.1, 0.15) is 0 Å². The van der Waals surface area contributed by atoms with Crippen LogP contribution in [0.1, 0.15) is 36.7 Å². The molecule has 0 unspecified atom stereocenters. The standard InChI is InChI=1S/C19H23N3O6S/c1-11(2)9-20-17(24)18(25)21(19(20)26)10-16(23)13-5-6-15-14(8-13)7-12(3)22(15)29(4,27)28/h5-6,8,11-12H,7,9-10H2,1-4H3/t12-/m1/s1. The van der Waals surface area contributed by atoms with Crippen molar-refractivity contribution in [3.63, 3.8) is 0 Å². The number of Topliss-reactive ketones (excluding diaryl/α,β-unsaturated/α-hetero) is 1. The van der Waals surface area contributed by atoms with Crippen LogP contribution in [0.15, 0.2) is 18.2 Å². The Balaban J connectivity index is 1.81. The van der Waals surface area contributed by atoms with Crippen molar-refractivity contribution in [2.24, 2.45) is 5.92 Å². The third kappa shape index (κ3) is 3.76. The second kappa shape index (κ2) is 7.25. The molecule has 0 saturated carbocycles. The molecule has 1 atom stereocenters. The van der Waals surface area contributed by atoms with Crippen LogP contribution in [0.2, 0.25) is 0 Å². The van der Waals surface area contributed by atoms with Crippen LogP contribution in [0.4, 0.5) is 10.5 Å². The molecule has 29 heavy (non-hydrogen) atoms. The highest BCUT2D eigenvalue weighted by Crippen LogP contribution is 2.34. The van der Waals surface area contributed by atoms with Gasteiger partial charge in [-0.1, -0.05) is 13.8 Å². The molecule has 0 N–H and O–H groups in total. The predicted molar refractivity (Wildman–Crippen MR) is 105 cm³/mol. The normalized spacial score (nSPS) is 19.6. The molecule has 0 radical (unpaired) electrons. The summed E-state index contributed by atoms with van der Waals surface area (Å²) in [6, 6.07) is 3.54. The molecule has 2 aliphatic rings. The highest BCUT2D eigenvalue weighted by atomic mass is 32.2. The quantitative estimate of drug-likeness (QED) is 0.385. The van der Waals surface area contributed by atoms with E-state index in [1.165, 1.54) is 10.4 Å². The van der Waals surface area contributed by atoms with Crippen LogP contribution in [0, 0.1) is 5.92 Å². The van der Waals surface area contributed by atoms with Gasteiger partial charge in [-0.2, -0.15) is 0 Å². The van der Waals surface area contributed by atoms with Gasteiger partial charge in [-0.15, -0.1) is 0 Å². The smallest absolute Gasteiger partial charge is 0.292 e. The minimum absolute atomic E-state index is 0.0113. The Labute approximate surface area is 169 Å². The van der Waals surface area contributed by atoms with Gasteiger partial charge in [-0.3, -0.25) is 23.6 Å². The van der Waals surface area contributed by atoms with Gasteiger partial charge in [-0.05, 0) is 43.0 Å². The number of rotatable bonds is 6. The topological polar surface area (TPSA) is 112 Å². The number of imide groups is 2. The van der Waals surface area contributed by atoms with Crippen LogP contribution in [0.3, 0.4) is 0 Å². The Hall–Kier alpha value is -2.75. The Morgan fingerprint density at radius 3 is 2.34 bits per heavy atom. The molecule has 4 amide bonds. The van der Waals surface area contributed by atoms with Crippen LogP contribution < -0.4 is 4.31 Å². The number of urea groups is 1. The molecule has 9 nitrogen and oxygen atoms in total. The van der Waals surface area contributed by atoms with Crippen LogP contribution in [0.25, 0.3) is 0 Å². The second-order valence-corrected chi connectivity index (χ2v) is 9.72. The Bertz CT molecular complexity index is 1020. The van der Waals surface area contributed by atoms with Crippen molar-refractivity contribution >= 4 is 39.3 Å². The van der Waals surface area contributed by atoms with E-state index < -0.39 is 40.2 Å². The highest BCUT2D eigenvalue weighted by Gasteiger charge is 2.45. The molecule has 1 aromatic rings. The number of carbonyl (C=O) groups is 4. The molecule has 1 fully saturated rings. The maximum Gasteiger partial charge on any atom is 0.334 e. The molecular weight excluding hydrogens is 398 g/mol. The van der Waals surface area contributed by atoms with Crippen LogP contribution in [-0.2, 0) is 26.0 Å². The molecule has 2 heterocycles. The summed E-state index contributed by atoms with van der Waals surface area (Å²) < 4.78 is 25.3. The monoisotopic (exact) mass is 421 g/mol. The molecule has 1 aromatic carbocycles. The van der Waals surface area contributed by atoms with E-state index in [0.29, 0.717) is 22.6 Å². The fourth-order valence-electron chi connectivity index (χ4n) is 3.73.